The largest absolute Gasteiger partial charge is 0.478 e. The van der Waals surface area contributed by atoms with E-state index >= 15 is 0 Å². The molecule has 0 spiro atoms. The summed E-state index contributed by atoms with van der Waals surface area (Å²) in [6, 6.07) is 17.9. The molecule has 30 heavy (non-hydrogen) atoms. The molecule has 5 heterocycles. The number of aromatic nitrogens is 5. The van der Waals surface area contributed by atoms with Gasteiger partial charge in [0.15, 0.2) is 11.3 Å². The summed E-state index contributed by atoms with van der Waals surface area (Å²) in [4.78, 5) is 33.9. The average molecular weight is 480 g/mol. The summed E-state index contributed by atoms with van der Waals surface area (Å²) < 4.78 is 0. The molecule has 0 bridgehead atoms. The number of aromatic carboxylic acids is 1. The topological polar surface area (TPSA) is 102 Å². The number of carboxylic acid groups (broad SMARTS) is 1. The van der Waals surface area contributed by atoms with Gasteiger partial charge in [-0.05, 0) is 60.7 Å². The molecular weight excluding hydrogens is 467 g/mol. The van der Waals surface area contributed by atoms with Crippen molar-refractivity contribution in [1.29, 1.82) is 0 Å². The third-order valence-electron chi connectivity index (χ3n) is 4.53. The van der Waals surface area contributed by atoms with E-state index in [0.717, 1.165) is 10.8 Å². The fourth-order valence-corrected chi connectivity index (χ4v) is 3.11. The van der Waals surface area contributed by atoms with Crippen molar-refractivity contribution in [1.82, 2.24) is 24.9 Å². The Labute approximate surface area is 183 Å². The minimum absolute atomic E-state index is 0. The Hall–Kier alpha value is -3.64. The van der Waals surface area contributed by atoms with Gasteiger partial charge in [-0.1, -0.05) is 0 Å². The van der Waals surface area contributed by atoms with Gasteiger partial charge in [0.05, 0.1) is 28.3 Å². The van der Waals surface area contributed by atoms with Crippen molar-refractivity contribution in [3.8, 4) is 22.8 Å². The van der Waals surface area contributed by atoms with Crippen molar-refractivity contribution in [2.75, 3.05) is 0 Å². The fraction of sp³-hybridized carbons (Fsp3) is 0. The summed E-state index contributed by atoms with van der Waals surface area (Å²) in [7, 11) is 0. The van der Waals surface area contributed by atoms with Gasteiger partial charge in [-0.3, -0.25) is 0 Å². The summed E-state index contributed by atoms with van der Waals surface area (Å²) in [5, 5.41) is 11.4. The second-order valence-corrected chi connectivity index (χ2v) is 6.42. The van der Waals surface area contributed by atoms with Gasteiger partial charge in [-0.15, -0.1) is 0 Å². The SMILES string of the molecule is O=C(O)c1cc(-c2ccc3cccnc3n2)nc(-c2ccc3cccnc3n2)c1.[Ru]. The van der Waals surface area contributed by atoms with E-state index in [1.165, 1.54) is 12.1 Å². The molecule has 0 aromatic carbocycles. The zero-order valence-corrected chi connectivity index (χ0v) is 17.1. The summed E-state index contributed by atoms with van der Waals surface area (Å²) in [6.45, 7) is 0. The van der Waals surface area contributed by atoms with E-state index in [1.54, 1.807) is 24.5 Å². The summed E-state index contributed by atoms with van der Waals surface area (Å²) in [5.41, 5.74) is 3.21. The quantitative estimate of drug-likeness (QED) is 0.390. The molecule has 0 saturated heterocycles. The molecule has 0 unspecified atom stereocenters. The van der Waals surface area contributed by atoms with Gasteiger partial charge in [0.25, 0.3) is 0 Å². The van der Waals surface area contributed by atoms with Crippen LogP contribution < -0.4 is 0 Å². The first-order chi connectivity index (χ1) is 14.2. The Bertz CT molecular complexity index is 1310. The Morgan fingerprint density at radius 2 is 1.17 bits per heavy atom. The van der Waals surface area contributed by atoms with E-state index in [-0.39, 0.29) is 25.0 Å². The van der Waals surface area contributed by atoms with Crippen LogP contribution >= 0.6 is 0 Å². The molecule has 8 heteroatoms. The predicted molar refractivity (Wildman–Crippen MR) is 108 cm³/mol. The molecule has 0 aliphatic carbocycles. The number of hydrogen-bond acceptors (Lipinski definition) is 6. The van der Waals surface area contributed by atoms with Crippen molar-refractivity contribution in [2.24, 2.45) is 0 Å². The van der Waals surface area contributed by atoms with Crippen LogP contribution in [0.25, 0.3) is 44.8 Å². The van der Waals surface area contributed by atoms with Crippen molar-refractivity contribution < 1.29 is 29.4 Å². The Kier molecular flexibility index (Phi) is 5.25. The third-order valence-corrected chi connectivity index (χ3v) is 4.53. The first-order valence-electron chi connectivity index (χ1n) is 8.87. The summed E-state index contributed by atoms with van der Waals surface area (Å²) in [5.74, 6) is -1.05. The van der Waals surface area contributed by atoms with E-state index in [9.17, 15) is 9.90 Å². The van der Waals surface area contributed by atoms with Gasteiger partial charge in [0.2, 0.25) is 0 Å². The minimum atomic E-state index is -1.05. The molecule has 0 fully saturated rings. The first-order valence-corrected chi connectivity index (χ1v) is 8.87. The standard InChI is InChI=1S/C22H13N5O2.Ru/c28-22(29)15-11-18(16-7-5-13-3-1-9-23-20(13)26-16)25-19(12-15)17-8-6-14-4-2-10-24-21(14)27-17;/h1-12H,(H,28,29);. The molecule has 1 N–H and O–H groups in total. The molecule has 0 amide bonds. The van der Waals surface area contributed by atoms with E-state index in [2.05, 4.69) is 24.9 Å². The molecule has 0 aliphatic rings. The zero-order chi connectivity index (χ0) is 19.8. The van der Waals surface area contributed by atoms with Gasteiger partial charge >= 0.3 is 5.97 Å². The predicted octanol–water partition coefficient (Wildman–Crippen LogP) is 4.00. The smallest absolute Gasteiger partial charge is 0.335 e. The number of rotatable bonds is 3. The number of fused-ring (bicyclic) bond motifs is 2. The molecule has 0 saturated carbocycles. The van der Waals surface area contributed by atoms with Crippen LogP contribution in [0.1, 0.15) is 10.4 Å². The number of carboxylic acids is 1. The van der Waals surface area contributed by atoms with Crippen LogP contribution in [-0.2, 0) is 19.5 Å². The van der Waals surface area contributed by atoms with E-state index < -0.39 is 5.97 Å². The van der Waals surface area contributed by atoms with E-state index in [0.29, 0.717) is 34.1 Å². The first kappa shape index (κ1) is 19.7. The van der Waals surface area contributed by atoms with Gasteiger partial charge in [-0.2, -0.15) is 0 Å². The number of nitrogens with zero attached hydrogens (tertiary/aromatic N) is 5. The Balaban J connectivity index is 0.00000218. The van der Waals surface area contributed by atoms with Crippen LogP contribution in [0.3, 0.4) is 0 Å². The number of carbonyl (C=O) groups is 1. The van der Waals surface area contributed by atoms with Crippen LogP contribution in [0.15, 0.2) is 73.1 Å². The maximum atomic E-state index is 11.7. The number of pyridine rings is 5. The van der Waals surface area contributed by atoms with Crippen molar-refractivity contribution in [2.45, 2.75) is 0 Å². The maximum Gasteiger partial charge on any atom is 0.335 e. The van der Waals surface area contributed by atoms with Crippen LogP contribution in [-0.4, -0.2) is 36.0 Å². The van der Waals surface area contributed by atoms with Crippen LogP contribution in [0.4, 0.5) is 0 Å². The van der Waals surface area contributed by atoms with Gasteiger partial charge in [-0.25, -0.2) is 29.7 Å². The molecule has 5 rings (SSSR count). The van der Waals surface area contributed by atoms with Crippen LogP contribution in [0, 0.1) is 0 Å². The van der Waals surface area contributed by atoms with Crippen LogP contribution in [0.5, 0.6) is 0 Å². The molecule has 146 valence electrons. The van der Waals surface area contributed by atoms with Crippen LogP contribution in [0.2, 0.25) is 0 Å². The minimum Gasteiger partial charge on any atom is -0.478 e. The van der Waals surface area contributed by atoms with Crippen molar-refractivity contribution in [3.05, 3.63) is 78.6 Å². The number of hydrogen-bond donors (Lipinski definition) is 1. The molecule has 0 atom stereocenters. The zero-order valence-electron chi connectivity index (χ0n) is 15.4. The normalized spacial score (nSPS) is 10.7. The molecule has 5 aromatic heterocycles. The van der Waals surface area contributed by atoms with Gasteiger partial charge < -0.3 is 5.11 Å². The molecule has 0 radical (unpaired) electrons. The summed E-state index contributed by atoms with van der Waals surface area (Å²) >= 11 is 0. The second kappa shape index (κ2) is 8.01. The van der Waals surface area contributed by atoms with Crippen molar-refractivity contribution in [3.63, 3.8) is 0 Å². The van der Waals surface area contributed by atoms with E-state index in [1.807, 2.05) is 36.4 Å². The monoisotopic (exact) mass is 481 g/mol. The Morgan fingerprint density at radius 3 is 1.63 bits per heavy atom. The van der Waals surface area contributed by atoms with Gasteiger partial charge in [0.1, 0.15) is 0 Å². The summed E-state index contributed by atoms with van der Waals surface area (Å²) in [6.07, 6.45) is 3.33. The average Bonchev–Trinajstić information content (AvgIpc) is 2.78. The van der Waals surface area contributed by atoms with Crippen molar-refractivity contribution >= 4 is 28.0 Å². The van der Waals surface area contributed by atoms with Gasteiger partial charge in [0, 0.05) is 42.6 Å². The fourth-order valence-electron chi connectivity index (χ4n) is 3.11. The molecule has 0 aliphatic heterocycles. The maximum absolute atomic E-state index is 11.7. The molecule has 5 aromatic rings. The second-order valence-electron chi connectivity index (χ2n) is 6.42. The Morgan fingerprint density at radius 1 is 0.667 bits per heavy atom. The molecule has 7 nitrogen and oxygen atoms in total. The molecular formula is C22H13N5O2Ru. The third kappa shape index (κ3) is 3.65. The van der Waals surface area contributed by atoms with E-state index in [4.69, 9.17) is 0 Å².